The van der Waals surface area contributed by atoms with Crippen molar-refractivity contribution in [3.05, 3.63) is 81.2 Å². The van der Waals surface area contributed by atoms with E-state index in [1.54, 1.807) is 36.4 Å². The van der Waals surface area contributed by atoms with Crippen LogP contribution in [0, 0.1) is 17.0 Å². The number of aryl methyl sites for hydroxylation is 1. The molecular weight excluding hydrogens is 440 g/mol. The zero-order valence-electron chi connectivity index (χ0n) is 15.1. The second-order valence-corrected chi connectivity index (χ2v) is 6.94. The molecular formula is C20H13BrN4O4. The van der Waals surface area contributed by atoms with E-state index in [1.807, 2.05) is 25.1 Å². The summed E-state index contributed by atoms with van der Waals surface area (Å²) in [7, 11) is 0. The van der Waals surface area contributed by atoms with Gasteiger partial charge in [0.1, 0.15) is 17.6 Å². The number of nitrogens with zero attached hydrogens (tertiary/aromatic N) is 4. The minimum Gasteiger partial charge on any atom is -0.433 e. The summed E-state index contributed by atoms with van der Waals surface area (Å²) >= 11 is 3.33. The van der Waals surface area contributed by atoms with E-state index in [2.05, 4.69) is 30.9 Å². The lowest BCUT2D eigenvalue weighted by Gasteiger charge is -2.10. The van der Waals surface area contributed by atoms with Gasteiger partial charge < -0.3 is 9.47 Å². The Hall–Kier alpha value is -3.59. The highest BCUT2D eigenvalue weighted by Crippen LogP contribution is 2.39. The Morgan fingerprint density at radius 1 is 0.966 bits per heavy atom. The van der Waals surface area contributed by atoms with E-state index < -0.39 is 10.6 Å². The Labute approximate surface area is 173 Å². The summed E-state index contributed by atoms with van der Waals surface area (Å²) in [6.45, 7) is 1.85. The molecule has 29 heavy (non-hydrogen) atoms. The number of pyridine rings is 1. The topological polar surface area (TPSA) is 100 Å². The average Bonchev–Trinajstić information content (AvgIpc) is 2.70. The van der Waals surface area contributed by atoms with Crippen molar-refractivity contribution in [2.45, 2.75) is 6.92 Å². The van der Waals surface area contributed by atoms with Crippen molar-refractivity contribution >= 4 is 32.5 Å². The molecule has 0 amide bonds. The predicted molar refractivity (Wildman–Crippen MR) is 109 cm³/mol. The third-order valence-corrected chi connectivity index (χ3v) is 4.52. The van der Waals surface area contributed by atoms with Crippen molar-refractivity contribution in [1.29, 1.82) is 0 Å². The van der Waals surface area contributed by atoms with Gasteiger partial charge in [-0.3, -0.25) is 10.1 Å². The molecule has 0 N–H and O–H groups in total. The van der Waals surface area contributed by atoms with E-state index in [4.69, 9.17) is 9.47 Å². The second-order valence-electron chi connectivity index (χ2n) is 6.03. The number of hydrogen-bond donors (Lipinski definition) is 0. The van der Waals surface area contributed by atoms with Crippen molar-refractivity contribution in [2.24, 2.45) is 0 Å². The molecule has 9 heteroatoms. The first-order chi connectivity index (χ1) is 14.0. The number of aromatic nitrogens is 3. The molecule has 0 bridgehead atoms. The van der Waals surface area contributed by atoms with E-state index in [0.29, 0.717) is 17.0 Å². The Morgan fingerprint density at radius 2 is 1.69 bits per heavy atom. The molecule has 0 aliphatic rings. The van der Waals surface area contributed by atoms with Gasteiger partial charge in [-0.2, -0.15) is 9.97 Å². The van der Waals surface area contributed by atoms with Crippen LogP contribution in [0.1, 0.15) is 5.69 Å². The number of ether oxygens (including phenoxy) is 2. The summed E-state index contributed by atoms with van der Waals surface area (Å²) in [6.07, 6.45) is 1.15. The number of rotatable bonds is 5. The Morgan fingerprint density at radius 3 is 2.41 bits per heavy atom. The van der Waals surface area contributed by atoms with Crippen LogP contribution in [0.4, 0.5) is 5.69 Å². The number of fused-ring (bicyclic) bond motifs is 1. The Bertz CT molecular complexity index is 1210. The number of hydrogen-bond acceptors (Lipinski definition) is 7. The van der Waals surface area contributed by atoms with Crippen LogP contribution in [0.5, 0.6) is 23.3 Å². The largest absolute Gasteiger partial charge is 0.433 e. The van der Waals surface area contributed by atoms with Crippen molar-refractivity contribution in [3.63, 3.8) is 0 Å². The lowest BCUT2D eigenvalue weighted by Crippen LogP contribution is -2.01. The van der Waals surface area contributed by atoms with Gasteiger partial charge in [-0.05, 0) is 43.3 Å². The summed E-state index contributed by atoms with van der Waals surface area (Å²) in [5.41, 5.74) is 0.904. The maximum absolute atomic E-state index is 11.7. The van der Waals surface area contributed by atoms with E-state index in [1.165, 1.54) is 0 Å². The number of halogens is 1. The highest BCUT2D eigenvalue weighted by atomic mass is 79.9. The normalized spacial score (nSPS) is 10.7. The molecule has 4 aromatic rings. The van der Waals surface area contributed by atoms with Crippen LogP contribution in [0.3, 0.4) is 0 Å². The van der Waals surface area contributed by atoms with Crippen molar-refractivity contribution in [3.8, 4) is 23.3 Å². The van der Waals surface area contributed by atoms with Crippen LogP contribution in [0.15, 0.2) is 65.4 Å². The smallest absolute Gasteiger partial charge is 0.393 e. The predicted octanol–water partition coefficient (Wildman–Crippen LogP) is 5.59. The molecule has 144 valence electrons. The molecule has 0 spiro atoms. The first-order valence-electron chi connectivity index (χ1n) is 8.48. The fourth-order valence-electron chi connectivity index (χ4n) is 2.67. The fraction of sp³-hybridized carbons (Fsp3) is 0.0500. The van der Waals surface area contributed by atoms with Gasteiger partial charge in [-0.25, -0.2) is 4.98 Å². The van der Waals surface area contributed by atoms with Crippen LogP contribution in [-0.2, 0) is 0 Å². The van der Waals surface area contributed by atoms with Gasteiger partial charge in [0.15, 0.2) is 5.75 Å². The van der Waals surface area contributed by atoms with Crippen LogP contribution in [0.25, 0.3) is 10.9 Å². The van der Waals surface area contributed by atoms with Gasteiger partial charge in [0.25, 0.3) is 0 Å². The van der Waals surface area contributed by atoms with Gasteiger partial charge >= 0.3 is 17.4 Å². The minimum absolute atomic E-state index is 0.216. The lowest BCUT2D eigenvalue weighted by atomic mass is 10.2. The number of para-hydroxylation sites is 1. The zero-order valence-corrected chi connectivity index (χ0v) is 16.7. The first kappa shape index (κ1) is 18.8. The zero-order chi connectivity index (χ0) is 20.4. The molecule has 2 aromatic heterocycles. The summed E-state index contributed by atoms with van der Waals surface area (Å²) in [5.74, 6) is 0.297. The fourth-order valence-corrected chi connectivity index (χ4v) is 2.94. The van der Waals surface area contributed by atoms with E-state index >= 15 is 0 Å². The maximum Gasteiger partial charge on any atom is 0.393 e. The molecule has 8 nitrogen and oxygen atoms in total. The maximum atomic E-state index is 11.7. The quantitative estimate of drug-likeness (QED) is 0.287. The molecule has 0 unspecified atom stereocenters. The highest BCUT2D eigenvalue weighted by molar-refractivity contribution is 9.10. The van der Waals surface area contributed by atoms with E-state index in [0.717, 1.165) is 21.9 Å². The van der Waals surface area contributed by atoms with Crippen molar-refractivity contribution < 1.29 is 14.4 Å². The minimum atomic E-state index is -0.632. The van der Waals surface area contributed by atoms with Crippen LogP contribution in [-0.4, -0.2) is 19.9 Å². The van der Waals surface area contributed by atoms with Gasteiger partial charge in [0, 0.05) is 15.6 Å². The summed E-state index contributed by atoms with van der Waals surface area (Å²) in [4.78, 5) is 23.4. The van der Waals surface area contributed by atoms with Crippen molar-refractivity contribution in [2.75, 3.05) is 0 Å². The molecule has 0 fully saturated rings. The molecule has 0 saturated heterocycles. The van der Waals surface area contributed by atoms with Crippen LogP contribution in [0.2, 0.25) is 0 Å². The van der Waals surface area contributed by atoms with Crippen LogP contribution >= 0.6 is 15.9 Å². The summed E-state index contributed by atoms with van der Waals surface area (Å²) in [6, 6.07) is 15.9. The monoisotopic (exact) mass is 452 g/mol. The number of benzene rings is 2. The molecule has 0 saturated carbocycles. The van der Waals surface area contributed by atoms with E-state index in [-0.39, 0.29) is 11.8 Å². The molecule has 0 aliphatic heterocycles. The molecule has 2 heterocycles. The van der Waals surface area contributed by atoms with Gasteiger partial charge in [-0.15, -0.1) is 0 Å². The lowest BCUT2D eigenvalue weighted by molar-refractivity contribution is -0.387. The summed E-state index contributed by atoms with van der Waals surface area (Å²) < 4.78 is 12.2. The second kappa shape index (κ2) is 7.80. The van der Waals surface area contributed by atoms with Gasteiger partial charge in [0.05, 0.1) is 4.92 Å². The van der Waals surface area contributed by atoms with Gasteiger partial charge in [0.2, 0.25) is 0 Å². The highest BCUT2D eigenvalue weighted by Gasteiger charge is 2.27. The third kappa shape index (κ3) is 3.99. The SMILES string of the molecule is Cc1ccc2cccc(Oc3ncnc(Oc4ccc(Br)cc4)c3[N+](=O)[O-])c2n1. The third-order valence-electron chi connectivity index (χ3n) is 3.99. The Kier molecular flexibility index (Phi) is 5.05. The molecule has 0 aliphatic carbocycles. The average molecular weight is 453 g/mol. The molecule has 0 radical (unpaired) electrons. The number of nitro groups is 1. The Balaban J connectivity index is 1.76. The van der Waals surface area contributed by atoms with Crippen molar-refractivity contribution in [1.82, 2.24) is 15.0 Å². The van der Waals surface area contributed by atoms with Crippen LogP contribution < -0.4 is 9.47 Å². The molecule has 2 aromatic carbocycles. The molecule has 4 rings (SSSR count). The molecule has 0 atom stereocenters. The first-order valence-corrected chi connectivity index (χ1v) is 9.27. The standard InChI is InChI=1S/C20H13BrN4O4/c1-12-5-6-13-3-2-4-16(17(13)24-12)29-20-18(25(26)27)19(22-11-23-20)28-15-9-7-14(21)8-10-15/h2-11H,1H3. The summed E-state index contributed by atoms with van der Waals surface area (Å²) in [5, 5.41) is 12.6. The van der Waals surface area contributed by atoms with E-state index in [9.17, 15) is 10.1 Å². The van der Waals surface area contributed by atoms with Gasteiger partial charge in [-0.1, -0.05) is 34.1 Å².